The van der Waals surface area contributed by atoms with Crippen LogP contribution in [0.15, 0.2) is 47.2 Å². The summed E-state index contributed by atoms with van der Waals surface area (Å²) in [5.41, 5.74) is 1.79. The van der Waals surface area contributed by atoms with Gasteiger partial charge in [-0.15, -0.1) is 0 Å². The van der Waals surface area contributed by atoms with Crippen LogP contribution >= 0.6 is 11.3 Å². The third kappa shape index (κ3) is 2.69. The summed E-state index contributed by atoms with van der Waals surface area (Å²) in [7, 11) is 0. The Kier molecular flexibility index (Phi) is 3.18. The van der Waals surface area contributed by atoms with Crippen LogP contribution in [0, 0.1) is 11.8 Å². The first-order valence-electron chi connectivity index (χ1n) is 4.63. The zero-order chi connectivity index (χ0) is 10.5. The molecule has 1 nitrogen and oxygen atoms in total. The first kappa shape index (κ1) is 9.97. The Morgan fingerprint density at radius 3 is 2.60 bits per heavy atom. The number of benzene rings is 1. The fraction of sp³-hybridized carbons (Fsp3) is 0.0769. The zero-order valence-electron chi connectivity index (χ0n) is 8.05. The van der Waals surface area contributed by atoms with Gasteiger partial charge in [-0.1, -0.05) is 30.0 Å². The topological polar surface area (TPSA) is 20.2 Å². The second kappa shape index (κ2) is 4.79. The number of hydrogen-bond acceptors (Lipinski definition) is 2. The van der Waals surface area contributed by atoms with Gasteiger partial charge in [0.2, 0.25) is 0 Å². The standard InChI is InChI=1S/C13H10OS/c14-13(12-8-9-15-10-12)7-6-11-4-2-1-3-5-11/h1-5,8-10,13-14H. The quantitative estimate of drug-likeness (QED) is 0.724. The molecule has 0 aliphatic heterocycles. The van der Waals surface area contributed by atoms with E-state index in [0.29, 0.717) is 0 Å². The van der Waals surface area contributed by atoms with E-state index >= 15 is 0 Å². The van der Waals surface area contributed by atoms with Crippen molar-refractivity contribution in [2.75, 3.05) is 0 Å². The van der Waals surface area contributed by atoms with Crippen molar-refractivity contribution in [1.29, 1.82) is 0 Å². The van der Waals surface area contributed by atoms with Gasteiger partial charge in [0.15, 0.2) is 0 Å². The van der Waals surface area contributed by atoms with Crippen molar-refractivity contribution in [1.82, 2.24) is 0 Å². The summed E-state index contributed by atoms with van der Waals surface area (Å²) in [6.45, 7) is 0. The average molecular weight is 214 g/mol. The van der Waals surface area contributed by atoms with Gasteiger partial charge in [0, 0.05) is 11.1 Å². The van der Waals surface area contributed by atoms with Crippen LogP contribution in [-0.4, -0.2) is 5.11 Å². The van der Waals surface area contributed by atoms with Crippen molar-refractivity contribution in [3.05, 3.63) is 58.3 Å². The number of rotatable bonds is 1. The predicted molar refractivity (Wildman–Crippen MR) is 62.6 cm³/mol. The van der Waals surface area contributed by atoms with Gasteiger partial charge < -0.3 is 5.11 Å². The van der Waals surface area contributed by atoms with E-state index in [-0.39, 0.29) is 0 Å². The van der Waals surface area contributed by atoms with E-state index in [1.165, 1.54) is 0 Å². The summed E-state index contributed by atoms with van der Waals surface area (Å²) >= 11 is 1.56. The van der Waals surface area contributed by atoms with Gasteiger partial charge in [0.1, 0.15) is 6.10 Å². The van der Waals surface area contributed by atoms with Crippen LogP contribution in [0.1, 0.15) is 17.2 Å². The minimum absolute atomic E-state index is 0.684. The summed E-state index contributed by atoms with van der Waals surface area (Å²) in [4.78, 5) is 0. The van der Waals surface area contributed by atoms with E-state index in [1.807, 2.05) is 47.2 Å². The molecule has 2 heteroatoms. The highest BCUT2D eigenvalue weighted by Crippen LogP contribution is 2.15. The molecule has 1 heterocycles. The molecule has 0 aliphatic carbocycles. The van der Waals surface area contributed by atoms with Crippen LogP contribution in [0.2, 0.25) is 0 Å². The molecule has 1 unspecified atom stereocenters. The molecule has 0 saturated carbocycles. The van der Waals surface area contributed by atoms with E-state index in [2.05, 4.69) is 11.8 Å². The first-order chi connectivity index (χ1) is 7.36. The molecule has 1 atom stereocenters. The molecular weight excluding hydrogens is 204 g/mol. The molecular formula is C13H10OS. The van der Waals surface area contributed by atoms with Crippen LogP contribution in [-0.2, 0) is 0 Å². The van der Waals surface area contributed by atoms with Gasteiger partial charge in [-0.2, -0.15) is 11.3 Å². The summed E-state index contributed by atoms with van der Waals surface area (Å²) < 4.78 is 0. The lowest BCUT2D eigenvalue weighted by atomic mass is 10.2. The van der Waals surface area contributed by atoms with Crippen LogP contribution in [0.3, 0.4) is 0 Å². The van der Waals surface area contributed by atoms with Crippen molar-refractivity contribution >= 4 is 11.3 Å². The second-order valence-electron chi connectivity index (χ2n) is 3.09. The number of aliphatic hydroxyl groups excluding tert-OH is 1. The van der Waals surface area contributed by atoms with Crippen LogP contribution in [0.25, 0.3) is 0 Å². The highest BCUT2D eigenvalue weighted by molar-refractivity contribution is 7.07. The van der Waals surface area contributed by atoms with Gasteiger partial charge in [0.05, 0.1) is 0 Å². The molecule has 1 N–H and O–H groups in total. The maximum atomic E-state index is 9.70. The van der Waals surface area contributed by atoms with Crippen molar-refractivity contribution in [3.8, 4) is 11.8 Å². The highest BCUT2D eigenvalue weighted by Gasteiger charge is 2.02. The summed E-state index contributed by atoms with van der Waals surface area (Å²) in [5.74, 6) is 5.75. The molecule has 1 aromatic carbocycles. The van der Waals surface area contributed by atoms with Gasteiger partial charge in [-0.25, -0.2) is 0 Å². The molecule has 0 fully saturated rings. The fourth-order valence-corrected chi connectivity index (χ4v) is 1.87. The number of thiophene rings is 1. The van der Waals surface area contributed by atoms with Crippen molar-refractivity contribution in [2.45, 2.75) is 6.10 Å². The van der Waals surface area contributed by atoms with Gasteiger partial charge in [0.25, 0.3) is 0 Å². The molecule has 15 heavy (non-hydrogen) atoms. The number of hydrogen-bond donors (Lipinski definition) is 1. The minimum atomic E-state index is -0.684. The zero-order valence-corrected chi connectivity index (χ0v) is 8.87. The molecule has 2 rings (SSSR count). The van der Waals surface area contributed by atoms with Crippen molar-refractivity contribution in [3.63, 3.8) is 0 Å². The SMILES string of the molecule is OC(C#Cc1ccccc1)c1ccsc1. The lowest BCUT2D eigenvalue weighted by Gasteiger charge is -1.97. The Hall–Kier alpha value is -1.56. The Labute approximate surface area is 93.0 Å². The van der Waals surface area contributed by atoms with Crippen LogP contribution in [0.5, 0.6) is 0 Å². The molecule has 2 aromatic rings. The maximum Gasteiger partial charge on any atom is 0.141 e. The third-order valence-corrected chi connectivity index (χ3v) is 2.69. The smallest absolute Gasteiger partial charge is 0.141 e. The molecule has 0 spiro atoms. The number of aliphatic hydroxyl groups is 1. The Bertz CT molecular complexity index is 462. The monoisotopic (exact) mass is 214 g/mol. The minimum Gasteiger partial charge on any atom is -0.376 e. The summed E-state index contributed by atoms with van der Waals surface area (Å²) in [5, 5.41) is 13.5. The lowest BCUT2D eigenvalue weighted by Crippen LogP contribution is -1.90. The second-order valence-corrected chi connectivity index (χ2v) is 3.87. The summed E-state index contributed by atoms with van der Waals surface area (Å²) in [6, 6.07) is 11.5. The van der Waals surface area contributed by atoms with Crippen molar-refractivity contribution < 1.29 is 5.11 Å². The molecule has 1 aromatic heterocycles. The first-order valence-corrected chi connectivity index (χ1v) is 5.57. The third-order valence-electron chi connectivity index (χ3n) is 1.99. The Balaban J connectivity index is 2.13. The normalized spacial score (nSPS) is 11.5. The summed E-state index contributed by atoms with van der Waals surface area (Å²) in [6.07, 6.45) is -0.684. The Morgan fingerprint density at radius 2 is 1.93 bits per heavy atom. The largest absolute Gasteiger partial charge is 0.376 e. The van der Waals surface area contributed by atoms with Crippen LogP contribution in [0.4, 0.5) is 0 Å². The van der Waals surface area contributed by atoms with Crippen LogP contribution < -0.4 is 0 Å². The lowest BCUT2D eigenvalue weighted by molar-refractivity contribution is 0.239. The van der Waals surface area contributed by atoms with Gasteiger partial charge in [-0.3, -0.25) is 0 Å². The van der Waals surface area contributed by atoms with Gasteiger partial charge in [-0.05, 0) is 29.0 Å². The average Bonchev–Trinajstić information content (AvgIpc) is 2.81. The molecule has 0 aliphatic rings. The van der Waals surface area contributed by atoms with E-state index in [9.17, 15) is 5.11 Å². The van der Waals surface area contributed by atoms with E-state index in [4.69, 9.17) is 0 Å². The molecule has 0 amide bonds. The van der Waals surface area contributed by atoms with E-state index in [0.717, 1.165) is 11.1 Å². The predicted octanol–water partition coefficient (Wildman–Crippen LogP) is 2.83. The van der Waals surface area contributed by atoms with E-state index < -0.39 is 6.10 Å². The van der Waals surface area contributed by atoms with Crippen molar-refractivity contribution in [2.24, 2.45) is 0 Å². The van der Waals surface area contributed by atoms with Gasteiger partial charge >= 0.3 is 0 Å². The maximum absolute atomic E-state index is 9.70. The Morgan fingerprint density at radius 1 is 1.13 bits per heavy atom. The molecule has 0 saturated heterocycles. The van der Waals surface area contributed by atoms with E-state index in [1.54, 1.807) is 11.3 Å². The fourth-order valence-electron chi connectivity index (χ4n) is 1.19. The molecule has 0 bridgehead atoms. The molecule has 74 valence electrons. The molecule has 0 radical (unpaired) electrons. The highest BCUT2D eigenvalue weighted by atomic mass is 32.1.